The fourth-order valence-corrected chi connectivity index (χ4v) is 2.02. The molecule has 0 aliphatic heterocycles. The quantitative estimate of drug-likeness (QED) is 0.925. The van der Waals surface area contributed by atoms with Crippen LogP contribution in [0.15, 0.2) is 30.5 Å². The molecule has 0 spiro atoms. The minimum atomic E-state index is -0.0950. The number of nitrogens with two attached hydrogens (primary N) is 1. The Bertz CT molecular complexity index is 631. The van der Waals surface area contributed by atoms with Crippen LogP contribution in [-0.2, 0) is 0 Å². The van der Waals surface area contributed by atoms with Crippen LogP contribution >= 0.6 is 0 Å². The van der Waals surface area contributed by atoms with Gasteiger partial charge in [0.05, 0.1) is 23.5 Å². The van der Waals surface area contributed by atoms with Gasteiger partial charge < -0.3 is 10.5 Å². The SMILES string of the molecule is Cc1cc(C#N)cc(C)c1Oc1ccc([C@H](C)N)nc1. The minimum Gasteiger partial charge on any atom is -0.455 e. The Labute approximate surface area is 118 Å². The van der Waals surface area contributed by atoms with Crippen molar-refractivity contribution in [3.05, 3.63) is 52.8 Å². The molecular formula is C16H17N3O. The predicted molar refractivity (Wildman–Crippen MR) is 77.5 cm³/mol. The van der Waals surface area contributed by atoms with Gasteiger partial charge in [-0.25, -0.2) is 0 Å². The third-order valence-electron chi connectivity index (χ3n) is 3.04. The molecule has 4 heteroatoms. The van der Waals surface area contributed by atoms with Crippen molar-refractivity contribution in [1.82, 2.24) is 4.98 Å². The lowest BCUT2D eigenvalue weighted by molar-refractivity contribution is 0.472. The molecule has 102 valence electrons. The van der Waals surface area contributed by atoms with Crippen LogP contribution in [0.5, 0.6) is 11.5 Å². The molecule has 4 nitrogen and oxygen atoms in total. The molecular weight excluding hydrogens is 250 g/mol. The summed E-state index contributed by atoms with van der Waals surface area (Å²) >= 11 is 0. The molecule has 20 heavy (non-hydrogen) atoms. The number of rotatable bonds is 3. The van der Waals surface area contributed by atoms with E-state index in [0.29, 0.717) is 11.3 Å². The lowest BCUT2D eigenvalue weighted by atomic mass is 10.1. The summed E-state index contributed by atoms with van der Waals surface area (Å²) in [5.41, 5.74) is 9.08. The zero-order chi connectivity index (χ0) is 14.7. The van der Waals surface area contributed by atoms with Gasteiger partial charge in [-0.05, 0) is 56.2 Å². The lowest BCUT2D eigenvalue weighted by Gasteiger charge is -2.12. The van der Waals surface area contributed by atoms with Crippen molar-refractivity contribution in [3.63, 3.8) is 0 Å². The van der Waals surface area contributed by atoms with Crippen LogP contribution in [0, 0.1) is 25.2 Å². The zero-order valence-electron chi connectivity index (χ0n) is 11.8. The summed E-state index contributed by atoms with van der Waals surface area (Å²) in [5, 5.41) is 8.94. The first-order chi connectivity index (χ1) is 9.51. The molecule has 1 heterocycles. The molecule has 0 aliphatic carbocycles. The molecule has 0 aliphatic rings. The van der Waals surface area contributed by atoms with E-state index in [1.165, 1.54) is 0 Å². The number of hydrogen-bond acceptors (Lipinski definition) is 4. The van der Waals surface area contributed by atoms with E-state index in [1.54, 1.807) is 6.20 Å². The van der Waals surface area contributed by atoms with Crippen LogP contribution in [0.1, 0.15) is 35.3 Å². The number of ether oxygens (including phenoxy) is 1. The van der Waals surface area contributed by atoms with E-state index in [2.05, 4.69) is 11.1 Å². The molecule has 0 saturated carbocycles. The molecule has 2 aromatic rings. The van der Waals surface area contributed by atoms with E-state index < -0.39 is 0 Å². The first-order valence-corrected chi connectivity index (χ1v) is 6.42. The number of benzene rings is 1. The van der Waals surface area contributed by atoms with E-state index in [1.807, 2.05) is 45.0 Å². The summed E-state index contributed by atoms with van der Waals surface area (Å²) < 4.78 is 5.86. The highest BCUT2D eigenvalue weighted by atomic mass is 16.5. The van der Waals surface area contributed by atoms with E-state index in [4.69, 9.17) is 15.7 Å². The maximum Gasteiger partial charge on any atom is 0.145 e. The summed E-state index contributed by atoms with van der Waals surface area (Å²) in [6.07, 6.45) is 1.66. The summed E-state index contributed by atoms with van der Waals surface area (Å²) in [6.45, 7) is 5.73. The molecule has 0 unspecified atom stereocenters. The second-order valence-electron chi connectivity index (χ2n) is 4.86. The van der Waals surface area contributed by atoms with Crippen molar-refractivity contribution in [3.8, 4) is 17.6 Å². The number of aryl methyl sites for hydroxylation is 2. The summed E-state index contributed by atoms with van der Waals surface area (Å²) in [7, 11) is 0. The van der Waals surface area contributed by atoms with Gasteiger partial charge in [0.2, 0.25) is 0 Å². The van der Waals surface area contributed by atoms with Gasteiger partial charge in [0.25, 0.3) is 0 Å². The van der Waals surface area contributed by atoms with Gasteiger partial charge in [0, 0.05) is 6.04 Å². The second-order valence-corrected chi connectivity index (χ2v) is 4.86. The summed E-state index contributed by atoms with van der Waals surface area (Å²) in [6, 6.07) is 9.37. The van der Waals surface area contributed by atoms with Crippen molar-refractivity contribution >= 4 is 0 Å². The van der Waals surface area contributed by atoms with E-state index in [9.17, 15) is 0 Å². The highest BCUT2D eigenvalue weighted by Crippen LogP contribution is 2.29. The van der Waals surface area contributed by atoms with Crippen LogP contribution in [0.2, 0.25) is 0 Å². The van der Waals surface area contributed by atoms with Crippen molar-refractivity contribution in [2.75, 3.05) is 0 Å². The van der Waals surface area contributed by atoms with Gasteiger partial charge in [-0.1, -0.05) is 0 Å². The largest absolute Gasteiger partial charge is 0.455 e. The van der Waals surface area contributed by atoms with E-state index in [0.717, 1.165) is 22.6 Å². The van der Waals surface area contributed by atoms with Crippen molar-refractivity contribution in [1.29, 1.82) is 5.26 Å². The molecule has 2 N–H and O–H groups in total. The smallest absolute Gasteiger partial charge is 0.145 e. The van der Waals surface area contributed by atoms with Gasteiger partial charge in [-0.2, -0.15) is 5.26 Å². The first kappa shape index (κ1) is 14.0. The Morgan fingerprint density at radius 1 is 1.25 bits per heavy atom. The number of nitrogens with zero attached hydrogens (tertiary/aromatic N) is 2. The second kappa shape index (κ2) is 5.72. The van der Waals surface area contributed by atoms with Crippen LogP contribution in [-0.4, -0.2) is 4.98 Å². The van der Waals surface area contributed by atoms with Gasteiger partial charge in [-0.15, -0.1) is 0 Å². The van der Waals surface area contributed by atoms with E-state index >= 15 is 0 Å². The van der Waals surface area contributed by atoms with Gasteiger partial charge >= 0.3 is 0 Å². The topological polar surface area (TPSA) is 71.9 Å². The summed E-state index contributed by atoms with van der Waals surface area (Å²) in [4.78, 5) is 4.27. The third-order valence-corrected chi connectivity index (χ3v) is 3.04. The maximum atomic E-state index is 8.94. The van der Waals surface area contributed by atoms with Crippen molar-refractivity contribution < 1.29 is 4.74 Å². The average molecular weight is 267 g/mol. The highest BCUT2D eigenvalue weighted by Gasteiger charge is 2.08. The number of pyridine rings is 1. The fraction of sp³-hybridized carbons (Fsp3) is 0.250. The van der Waals surface area contributed by atoms with Crippen LogP contribution in [0.25, 0.3) is 0 Å². The van der Waals surface area contributed by atoms with Gasteiger partial charge in [-0.3, -0.25) is 4.98 Å². The molecule has 0 bridgehead atoms. The maximum absolute atomic E-state index is 8.94. The third kappa shape index (κ3) is 2.95. The Morgan fingerprint density at radius 2 is 1.90 bits per heavy atom. The molecule has 0 amide bonds. The molecule has 1 atom stereocenters. The first-order valence-electron chi connectivity index (χ1n) is 6.42. The molecule has 0 fully saturated rings. The van der Waals surface area contributed by atoms with E-state index in [-0.39, 0.29) is 6.04 Å². The molecule has 1 aromatic carbocycles. The number of hydrogen-bond donors (Lipinski definition) is 1. The standard InChI is InChI=1S/C16H17N3O/c1-10-6-13(8-17)7-11(2)16(10)20-14-4-5-15(12(3)18)19-9-14/h4-7,9,12H,18H2,1-3H3/t12-/m0/s1. The highest BCUT2D eigenvalue weighted by molar-refractivity contribution is 5.48. The van der Waals surface area contributed by atoms with Crippen LogP contribution in [0.3, 0.4) is 0 Å². The van der Waals surface area contributed by atoms with Crippen molar-refractivity contribution in [2.24, 2.45) is 5.73 Å². The Balaban J connectivity index is 2.28. The molecule has 1 aromatic heterocycles. The monoisotopic (exact) mass is 267 g/mol. The van der Waals surface area contributed by atoms with Gasteiger partial charge in [0.1, 0.15) is 11.5 Å². The summed E-state index contributed by atoms with van der Waals surface area (Å²) in [5.74, 6) is 1.42. The average Bonchev–Trinajstić information content (AvgIpc) is 2.43. The van der Waals surface area contributed by atoms with Gasteiger partial charge in [0.15, 0.2) is 0 Å². The molecule has 2 rings (SSSR count). The van der Waals surface area contributed by atoms with Crippen LogP contribution < -0.4 is 10.5 Å². The predicted octanol–water partition coefficient (Wildman–Crippen LogP) is 3.38. The van der Waals surface area contributed by atoms with Crippen LogP contribution in [0.4, 0.5) is 0 Å². The Morgan fingerprint density at radius 3 is 2.35 bits per heavy atom. The van der Waals surface area contributed by atoms with Crippen molar-refractivity contribution in [2.45, 2.75) is 26.8 Å². The Kier molecular flexibility index (Phi) is 4.02. The fourth-order valence-electron chi connectivity index (χ4n) is 2.02. The number of nitriles is 1. The zero-order valence-corrected chi connectivity index (χ0v) is 11.8. The number of aromatic nitrogens is 1. The Hall–Kier alpha value is -2.38. The lowest BCUT2D eigenvalue weighted by Crippen LogP contribution is -2.06. The minimum absolute atomic E-state index is 0.0950. The molecule has 0 radical (unpaired) electrons. The normalized spacial score (nSPS) is 11.8. The molecule has 0 saturated heterocycles.